The predicted octanol–water partition coefficient (Wildman–Crippen LogP) is 6.41. The number of ether oxygens (including phenoxy) is 1. The number of hydrogen-bond acceptors (Lipinski definition) is 9. The molecule has 0 heterocycles. The fourth-order valence-electron chi connectivity index (χ4n) is 3.70. The van der Waals surface area contributed by atoms with Crippen molar-refractivity contribution in [2.75, 3.05) is 25.1 Å². The fourth-order valence-corrected chi connectivity index (χ4v) is 3.70. The number of aromatic hydroxyl groups is 1. The summed E-state index contributed by atoms with van der Waals surface area (Å²) in [5.74, 6) is 0.486. The Morgan fingerprint density at radius 1 is 0.941 bits per heavy atom. The summed E-state index contributed by atoms with van der Waals surface area (Å²) in [4.78, 5) is 23.1. The van der Waals surface area contributed by atoms with E-state index in [1.165, 1.54) is 0 Å². The molecule has 1 N–H and O–H groups in total. The highest BCUT2D eigenvalue weighted by Crippen LogP contribution is 2.44. The number of fused-ring (bicyclic) bond motifs is 1. The van der Waals surface area contributed by atoms with Gasteiger partial charge in [0, 0.05) is 41.7 Å². The van der Waals surface area contributed by atoms with Crippen molar-refractivity contribution >= 4 is 39.2 Å². The monoisotopic (exact) mass is 467 g/mol. The number of azo groups is 1. The third kappa shape index (κ3) is 5.03. The zero-order valence-electron chi connectivity index (χ0n) is 19.1. The van der Waals surface area contributed by atoms with Crippen LogP contribution in [0.25, 0.3) is 10.8 Å². The van der Waals surface area contributed by atoms with E-state index >= 15 is 0 Å². The van der Waals surface area contributed by atoms with E-state index < -0.39 is 21.2 Å². The molecule has 3 aromatic carbocycles. The molecule has 3 rings (SSSR count). The highest BCUT2D eigenvalue weighted by Gasteiger charge is 2.21. The molecule has 0 atom stereocenters. The molecular formula is C23H25N5O6. The Labute approximate surface area is 195 Å². The number of rotatable bonds is 10. The van der Waals surface area contributed by atoms with Gasteiger partial charge < -0.3 is 14.7 Å². The van der Waals surface area contributed by atoms with Crippen LogP contribution < -0.4 is 9.64 Å². The van der Waals surface area contributed by atoms with Crippen molar-refractivity contribution in [2.24, 2.45) is 10.2 Å². The van der Waals surface area contributed by atoms with Crippen LogP contribution in [-0.4, -0.2) is 35.2 Å². The molecular weight excluding hydrogens is 442 g/mol. The SMILES string of the molecule is CCCN(CCC)c1cc(O)c(N=Nc2ccc([N+](=O)[O-])cc2[N+](=O)[O-])c2ccc(OC)cc12. The number of anilines is 1. The molecule has 0 fully saturated rings. The van der Waals surface area contributed by atoms with Gasteiger partial charge in [-0.25, -0.2) is 0 Å². The number of nitrogens with zero attached hydrogens (tertiary/aromatic N) is 5. The van der Waals surface area contributed by atoms with Gasteiger partial charge in [0.25, 0.3) is 5.69 Å². The van der Waals surface area contributed by atoms with E-state index in [-0.39, 0.29) is 17.1 Å². The molecule has 0 aliphatic heterocycles. The van der Waals surface area contributed by atoms with Gasteiger partial charge in [0.05, 0.1) is 23.0 Å². The zero-order chi connectivity index (χ0) is 24.8. The Bertz CT molecular complexity index is 1250. The van der Waals surface area contributed by atoms with Gasteiger partial charge in [0.2, 0.25) is 0 Å². The lowest BCUT2D eigenvalue weighted by molar-refractivity contribution is -0.393. The number of methoxy groups -OCH3 is 1. The minimum absolute atomic E-state index is 0.127. The number of hydrogen-bond donors (Lipinski definition) is 1. The molecule has 0 amide bonds. The molecule has 0 aromatic heterocycles. The second-order valence-corrected chi connectivity index (χ2v) is 7.55. The lowest BCUT2D eigenvalue weighted by Crippen LogP contribution is -2.25. The van der Waals surface area contributed by atoms with Gasteiger partial charge in [-0.15, -0.1) is 10.2 Å². The lowest BCUT2D eigenvalue weighted by Gasteiger charge is -2.26. The van der Waals surface area contributed by atoms with E-state index in [4.69, 9.17) is 4.74 Å². The molecule has 34 heavy (non-hydrogen) atoms. The van der Waals surface area contributed by atoms with Gasteiger partial charge in [-0.05, 0) is 37.1 Å². The first-order valence-corrected chi connectivity index (χ1v) is 10.7. The maximum Gasteiger partial charge on any atom is 0.303 e. The molecule has 0 spiro atoms. The van der Waals surface area contributed by atoms with Gasteiger partial charge in [-0.3, -0.25) is 20.2 Å². The quantitative estimate of drug-likeness (QED) is 0.206. The van der Waals surface area contributed by atoms with Crippen LogP contribution in [0, 0.1) is 20.2 Å². The van der Waals surface area contributed by atoms with Gasteiger partial charge in [-0.1, -0.05) is 13.8 Å². The third-order valence-corrected chi connectivity index (χ3v) is 5.23. The molecule has 11 heteroatoms. The summed E-state index contributed by atoms with van der Waals surface area (Å²) in [7, 11) is 1.56. The van der Waals surface area contributed by atoms with Crippen LogP contribution in [0.15, 0.2) is 52.7 Å². The third-order valence-electron chi connectivity index (χ3n) is 5.23. The Hall–Kier alpha value is -4.28. The standard InChI is InChI=1S/C23H25N5O6/c1-4-10-26(11-5-2)20-14-22(29)23(17-8-7-16(34-3)13-18(17)20)25-24-19-9-6-15(27(30)31)12-21(19)28(32)33/h6-9,12-14,29H,4-5,10-11H2,1-3H3. The summed E-state index contributed by atoms with van der Waals surface area (Å²) in [6.07, 6.45) is 1.83. The molecule has 0 radical (unpaired) electrons. The van der Waals surface area contributed by atoms with Crippen LogP contribution in [0.2, 0.25) is 0 Å². The van der Waals surface area contributed by atoms with Crippen LogP contribution >= 0.6 is 0 Å². The largest absolute Gasteiger partial charge is 0.506 e. The molecule has 0 unspecified atom stereocenters. The average molecular weight is 467 g/mol. The van der Waals surface area contributed by atoms with Gasteiger partial charge in [-0.2, -0.15) is 0 Å². The Morgan fingerprint density at radius 2 is 1.65 bits per heavy atom. The summed E-state index contributed by atoms with van der Waals surface area (Å²) in [5.41, 5.74) is -0.212. The minimum Gasteiger partial charge on any atom is -0.506 e. The van der Waals surface area contributed by atoms with Crippen molar-refractivity contribution in [3.05, 3.63) is 62.7 Å². The molecule has 0 saturated carbocycles. The van der Waals surface area contributed by atoms with Crippen LogP contribution in [0.3, 0.4) is 0 Å². The number of phenols is 1. The second kappa shape index (κ2) is 10.6. The van der Waals surface area contributed by atoms with E-state index in [0.717, 1.165) is 55.2 Å². The fraction of sp³-hybridized carbons (Fsp3) is 0.304. The van der Waals surface area contributed by atoms with E-state index in [1.54, 1.807) is 25.3 Å². The molecule has 0 aliphatic rings. The summed E-state index contributed by atoms with van der Waals surface area (Å²) >= 11 is 0. The Balaban J connectivity index is 2.18. The molecule has 3 aromatic rings. The summed E-state index contributed by atoms with van der Waals surface area (Å²) in [5, 5.41) is 42.7. The molecule has 0 aliphatic carbocycles. The van der Waals surface area contributed by atoms with Gasteiger partial charge >= 0.3 is 5.69 Å². The van der Waals surface area contributed by atoms with Crippen LogP contribution in [0.4, 0.5) is 28.4 Å². The number of nitro benzene ring substituents is 2. The first-order valence-electron chi connectivity index (χ1n) is 10.7. The highest BCUT2D eigenvalue weighted by atomic mass is 16.6. The first-order chi connectivity index (χ1) is 16.3. The average Bonchev–Trinajstić information content (AvgIpc) is 2.82. The predicted molar refractivity (Wildman–Crippen MR) is 129 cm³/mol. The van der Waals surface area contributed by atoms with Crippen LogP contribution in [0.5, 0.6) is 11.5 Å². The number of benzene rings is 3. The van der Waals surface area contributed by atoms with Crippen molar-refractivity contribution < 1.29 is 19.7 Å². The van der Waals surface area contributed by atoms with Crippen molar-refractivity contribution in [3.8, 4) is 11.5 Å². The van der Waals surface area contributed by atoms with Gasteiger partial charge in [0.1, 0.15) is 17.2 Å². The Kier molecular flexibility index (Phi) is 7.57. The lowest BCUT2D eigenvalue weighted by atomic mass is 10.0. The maximum atomic E-state index is 11.4. The van der Waals surface area contributed by atoms with E-state index in [1.807, 2.05) is 6.07 Å². The van der Waals surface area contributed by atoms with Crippen molar-refractivity contribution in [3.63, 3.8) is 0 Å². The molecule has 178 valence electrons. The van der Waals surface area contributed by atoms with Crippen LogP contribution in [-0.2, 0) is 0 Å². The smallest absolute Gasteiger partial charge is 0.303 e. The number of nitro groups is 2. The van der Waals surface area contributed by atoms with E-state index in [0.29, 0.717) is 11.1 Å². The van der Waals surface area contributed by atoms with Crippen molar-refractivity contribution in [1.82, 2.24) is 0 Å². The summed E-state index contributed by atoms with van der Waals surface area (Å²) < 4.78 is 5.38. The number of non-ortho nitro benzene ring substituents is 1. The molecule has 0 saturated heterocycles. The van der Waals surface area contributed by atoms with Gasteiger partial charge in [0.15, 0.2) is 5.69 Å². The topological polar surface area (TPSA) is 144 Å². The summed E-state index contributed by atoms with van der Waals surface area (Å²) in [6.45, 7) is 5.72. The minimum atomic E-state index is -0.763. The highest BCUT2D eigenvalue weighted by molar-refractivity contribution is 6.04. The second-order valence-electron chi connectivity index (χ2n) is 7.55. The van der Waals surface area contributed by atoms with E-state index in [2.05, 4.69) is 29.0 Å². The zero-order valence-corrected chi connectivity index (χ0v) is 19.1. The molecule has 11 nitrogen and oxygen atoms in total. The Morgan fingerprint density at radius 3 is 2.24 bits per heavy atom. The maximum absolute atomic E-state index is 11.4. The van der Waals surface area contributed by atoms with Crippen LogP contribution in [0.1, 0.15) is 26.7 Å². The first kappa shape index (κ1) is 24.4. The number of phenolic OH excluding ortho intramolecular Hbond substituents is 1. The summed E-state index contributed by atoms with van der Waals surface area (Å²) in [6, 6.07) is 10.0. The van der Waals surface area contributed by atoms with Crippen molar-refractivity contribution in [1.29, 1.82) is 0 Å². The van der Waals surface area contributed by atoms with Crippen molar-refractivity contribution in [2.45, 2.75) is 26.7 Å². The molecule has 0 bridgehead atoms. The van der Waals surface area contributed by atoms with E-state index in [9.17, 15) is 25.3 Å². The normalized spacial score (nSPS) is 11.1.